The van der Waals surface area contributed by atoms with Crippen molar-refractivity contribution < 1.29 is 0 Å². The van der Waals surface area contributed by atoms with Crippen LogP contribution in [0.1, 0.15) is 22.3 Å². The molecule has 0 aliphatic carbocycles. The van der Waals surface area contributed by atoms with E-state index in [1.54, 1.807) is 22.5 Å². The Bertz CT molecular complexity index is 1190. The molecule has 2 aromatic heterocycles. The van der Waals surface area contributed by atoms with Crippen LogP contribution in [-0.2, 0) is 5.75 Å². The molecule has 4 rings (SSSR count). The second kappa shape index (κ2) is 7.60. The van der Waals surface area contributed by atoms with Gasteiger partial charge in [-0.25, -0.2) is 14.5 Å². The molecule has 0 saturated heterocycles. The Labute approximate surface area is 168 Å². The Morgan fingerprint density at radius 3 is 2.39 bits per heavy atom. The van der Waals surface area contributed by atoms with E-state index in [0.717, 1.165) is 11.3 Å². The van der Waals surface area contributed by atoms with Gasteiger partial charge in [-0.3, -0.25) is 4.79 Å². The van der Waals surface area contributed by atoms with E-state index in [9.17, 15) is 4.79 Å². The molecule has 4 aromatic rings. The highest BCUT2D eigenvalue weighted by molar-refractivity contribution is 7.98. The lowest BCUT2D eigenvalue weighted by atomic mass is 10.1. The average molecular weight is 388 g/mol. The van der Waals surface area contributed by atoms with Gasteiger partial charge in [-0.1, -0.05) is 59.3 Å². The van der Waals surface area contributed by atoms with Crippen molar-refractivity contribution >= 4 is 22.7 Å². The van der Waals surface area contributed by atoms with Gasteiger partial charge >= 0.3 is 0 Å². The zero-order valence-electron chi connectivity index (χ0n) is 16.1. The zero-order valence-corrected chi connectivity index (χ0v) is 17.0. The van der Waals surface area contributed by atoms with E-state index in [0.29, 0.717) is 21.9 Å². The van der Waals surface area contributed by atoms with E-state index >= 15 is 0 Å². The zero-order chi connectivity index (χ0) is 19.7. The van der Waals surface area contributed by atoms with Crippen LogP contribution in [0.15, 0.2) is 70.7 Å². The Morgan fingerprint density at radius 1 is 0.929 bits per heavy atom. The van der Waals surface area contributed by atoms with E-state index < -0.39 is 0 Å². The molecule has 2 heterocycles. The molecule has 0 fully saturated rings. The van der Waals surface area contributed by atoms with Crippen molar-refractivity contribution in [2.75, 3.05) is 0 Å². The summed E-state index contributed by atoms with van der Waals surface area (Å²) in [7, 11) is 0. The second-order valence-corrected chi connectivity index (χ2v) is 7.97. The third kappa shape index (κ3) is 3.71. The van der Waals surface area contributed by atoms with E-state index in [1.807, 2.05) is 43.3 Å². The summed E-state index contributed by atoms with van der Waals surface area (Å²) in [6, 6.07) is 17.8. The summed E-state index contributed by atoms with van der Waals surface area (Å²) in [5.74, 6) is 1.33. The molecule has 28 heavy (non-hydrogen) atoms. The predicted octanol–water partition coefficient (Wildman–Crippen LogP) is 5.00. The maximum absolute atomic E-state index is 13.2. The molecule has 0 atom stereocenters. The van der Waals surface area contributed by atoms with Gasteiger partial charge in [-0.2, -0.15) is 0 Å². The second-order valence-electron chi connectivity index (χ2n) is 7.03. The maximum Gasteiger partial charge on any atom is 0.267 e. The number of hydrogen-bond acceptors (Lipinski definition) is 4. The largest absolute Gasteiger partial charge is 0.268 e. The first-order valence-electron chi connectivity index (χ1n) is 9.16. The van der Waals surface area contributed by atoms with Crippen molar-refractivity contribution in [3.8, 4) is 5.82 Å². The average Bonchev–Trinajstić information content (AvgIpc) is 2.67. The third-order valence-electron chi connectivity index (χ3n) is 4.52. The molecule has 0 unspecified atom stereocenters. The van der Waals surface area contributed by atoms with Crippen LogP contribution in [0.5, 0.6) is 0 Å². The lowest BCUT2D eigenvalue weighted by Gasteiger charge is -2.13. The van der Waals surface area contributed by atoms with Crippen molar-refractivity contribution in [1.82, 2.24) is 14.5 Å². The van der Waals surface area contributed by atoms with Crippen molar-refractivity contribution in [3.05, 3.63) is 93.4 Å². The van der Waals surface area contributed by atoms with Crippen molar-refractivity contribution in [1.29, 1.82) is 0 Å². The van der Waals surface area contributed by atoms with Gasteiger partial charge in [0.05, 0.1) is 10.9 Å². The minimum Gasteiger partial charge on any atom is -0.268 e. The van der Waals surface area contributed by atoms with E-state index in [4.69, 9.17) is 4.98 Å². The molecule has 0 N–H and O–H groups in total. The van der Waals surface area contributed by atoms with Gasteiger partial charge in [0.1, 0.15) is 5.82 Å². The molecule has 0 aliphatic rings. The number of aryl methyl sites for hydroxylation is 3. The number of thioether (sulfide) groups is 1. The van der Waals surface area contributed by atoms with Gasteiger partial charge in [0, 0.05) is 11.9 Å². The summed E-state index contributed by atoms with van der Waals surface area (Å²) in [6.45, 7) is 6.18. The molecule has 0 bridgehead atoms. The van der Waals surface area contributed by atoms with E-state index in [2.05, 4.69) is 37.0 Å². The topological polar surface area (TPSA) is 47.8 Å². The molecule has 5 heteroatoms. The predicted molar refractivity (Wildman–Crippen MR) is 115 cm³/mol. The van der Waals surface area contributed by atoms with Gasteiger partial charge in [-0.05, 0) is 50.1 Å². The standard InChI is InChI=1S/C23H21N3OS/c1-15-8-9-21(24-13-15)26-22(27)19-6-4-5-7-20(19)25-23(26)28-14-18-11-16(2)10-17(3)12-18/h4-13H,14H2,1-3H3. The lowest BCUT2D eigenvalue weighted by molar-refractivity contribution is 0.794. The van der Waals surface area contributed by atoms with Crippen LogP contribution >= 0.6 is 11.8 Å². The lowest BCUT2D eigenvalue weighted by Crippen LogP contribution is -2.22. The normalized spacial score (nSPS) is 11.1. The summed E-state index contributed by atoms with van der Waals surface area (Å²) in [5, 5.41) is 1.25. The van der Waals surface area contributed by atoms with Gasteiger partial charge in [0.25, 0.3) is 5.56 Å². The highest BCUT2D eigenvalue weighted by Crippen LogP contribution is 2.25. The summed E-state index contributed by atoms with van der Waals surface area (Å²) in [6.07, 6.45) is 1.77. The molecular formula is C23H21N3OS. The van der Waals surface area contributed by atoms with Crippen LogP contribution in [0, 0.1) is 20.8 Å². The number of para-hydroxylation sites is 1. The smallest absolute Gasteiger partial charge is 0.267 e. The van der Waals surface area contributed by atoms with E-state index in [1.165, 1.54) is 16.7 Å². The fraction of sp³-hybridized carbons (Fsp3) is 0.174. The molecule has 0 saturated carbocycles. The number of aromatic nitrogens is 3. The monoisotopic (exact) mass is 387 g/mol. The number of nitrogens with zero attached hydrogens (tertiary/aromatic N) is 3. The van der Waals surface area contributed by atoms with Gasteiger partial charge in [0.2, 0.25) is 0 Å². The Morgan fingerprint density at radius 2 is 1.68 bits per heavy atom. The summed E-state index contributed by atoms with van der Waals surface area (Å²) in [4.78, 5) is 22.5. The highest BCUT2D eigenvalue weighted by atomic mass is 32.2. The molecule has 0 aliphatic heterocycles. The van der Waals surface area contributed by atoms with Crippen LogP contribution in [0.4, 0.5) is 0 Å². The SMILES string of the molecule is Cc1ccc(-n2c(SCc3cc(C)cc(C)c3)nc3ccccc3c2=O)nc1. The first kappa shape index (κ1) is 18.4. The van der Waals surface area contributed by atoms with Crippen LogP contribution in [0.3, 0.4) is 0 Å². The number of rotatable bonds is 4. The molecule has 140 valence electrons. The molecule has 0 amide bonds. The van der Waals surface area contributed by atoms with Crippen LogP contribution < -0.4 is 5.56 Å². The van der Waals surface area contributed by atoms with Gasteiger partial charge in [0.15, 0.2) is 5.16 Å². The molecular weight excluding hydrogens is 366 g/mol. The summed E-state index contributed by atoms with van der Waals surface area (Å²) >= 11 is 1.56. The molecule has 0 radical (unpaired) electrons. The molecule has 0 spiro atoms. The Kier molecular flexibility index (Phi) is 5.01. The Hall–Kier alpha value is -2.92. The maximum atomic E-state index is 13.2. The number of hydrogen-bond donors (Lipinski definition) is 0. The van der Waals surface area contributed by atoms with Crippen molar-refractivity contribution in [2.45, 2.75) is 31.7 Å². The first-order chi connectivity index (χ1) is 13.5. The van der Waals surface area contributed by atoms with Crippen LogP contribution in [-0.4, -0.2) is 14.5 Å². The van der Waals surface area contributed by atoms with Crippen molar-refractivity contribution in [2.24, 2.45) is 0 Å². The molecule has 2 aromatic carbocycles. The minimum atomic E-state index is -0.0927. The van der Waals surface area contributed by atoms with Crippen LogP contribution in [0.2, 0.25) is 0 Å². The fourth-order valence-electron chi connectivity index (χ4n) is 3.30. The third-order valence-corrected chi connectivity index (χ3v) is 5.53. The summed E-state index contributed by atoms with van der Waals surface area (Å²) < 4.78 is 1.62. The number of benzene rings is 2. The van der Waals surface area contributed by atoms with Gasteiger partial charge < -0.3 is 0 Å². The summed E-state index contributed by atoms with van der Waals surface area (Å²) in [5.41, 5.74) is 5.35. The Balaban J connectivity index is 1.82. The number of fused-ring (bicyclic) bond motifs is 1. The highest BCUT2D eigenvalue weighted by Gasteiger charge is 2.14. The minimum absolute atomic E-state index is 0.0927. The first-order valence-corrected chi connectivity index (χ1v) is 10.1. The van der Waals surface area contributed by atoms with Gasteiger partial charge in [-0.15, -0.1) is 0 Å². The van der Waals surface area contributed by atoms with E-state index in [-0.39, 0.29) is 5.56 Å². The van der Waals surface area contributed by atoms with Crippen LogP contribution in [0.25, 0.3) is 16.7 Å². The van der Waals surface area contributed by atoms with Crippen molar-refractivity contribution in [3.63, 3.8) is 0 Å². The fourth-order valence-corrected chi connectivity index (χ4v) is 4.23. The molecule has 4 nitrogen and oxygen atoms in total. The quantitative estimate of drug-likeness (QED) is 0.365. The number of pyridine rings is 1.